The van der Waals surface area contributed by atoms with Gasteiger partial charge in [0.1, 0.15) is 0 Å². The third-order valence-electron chi connectivity index (χ3n) is 10.4. The summed E-state index contributed by atoms with van der Waals surface area (Å²) < 4.78 is 17.2. The van der Waals surface area contributed by atoms with Gasteiger partial charge in [0.05, 0.1) is 24.4 Å². The lowest BCUT2D eigenvalue weighted by Gasteiger charge is -2.28. The van der Waals surface area contributed by atoms with Crippen LogP contribution < -0.4 is 5.32 Å². The van der Waals surface area contributed by atoms with E-state index in [1.54, 1.807) is 7.11 Å². The monoisotopic (exact) mass is 682 g/mol. The van der Waals surface area contributed by atoms with Crippen LogP contribution >= 0.6 is 0 Å². The second kappa shape index (κ2) is 33.3. The lowest BCUT2D eigenvalue weighted by molar-refractivity contribution is -0.0630. The summed E-state index contributed by atoms with van der Waals surface area (Å²) in [6.45, 7) is 14.8. The maximum atomic E-state index is 12.6. The minimum absolute atomic E-state index is 0.172. The summed E-state index contributed by atoms with van der Waals surface area (Å²) >= 11 is 0. The van der Waals surface area contributed by atoms with E-state index in [2.05, 4.69) is 46.9 Å². The second-order valence-corrected chi connectivity index (χ2v) is 16.2. The topological polar surface area (TPSA) is 56.8 Å². The van der Waals surface area contributed by atoms with Crippen LogP contribution in [0.4, 0.5) is 4.79 Å². The quantitative estimate of drug-likeness (QED) is 0.0663. The van der Waals surface area contributed by atoms with Gasteiger partial charge in [-0.2, -0.15) is 0 Å². The van der Waals surface area contributed by atoms with Gasteiger partial charge in [-0.3, -0.25) is 0 Å². The molecule has 1 N–H and O–H groups in total. The van der Waals surface area contributed by atoms with E-state index in [4.69, 9.17) is 14.2 Å². The van der Waals surface area contributed by atoms with Gasteiger partial charge < -0.3 is 19.5 Å². The van der Waals surface area contributed by atoms with Crippen molar-refractivity contribution in [2.45, 2.75) is 239 Å². The number of unbranched alkanes of at least 4 members (excludes halogenated alkanes) is 22. The summed E-state index contributed by atoms with van der Waals surface area (Å²) in [6.07, 6.45) is 37.9. The van der Waals surface area contributed by atoms with E-state index in [9.17, 15) is 4.79 Å². The Morgan fingerprint density at radius 1 is 0.521 bits per heavy atom. The van der Waals surface area contributed by atoms with Gasteiger partial charge in [0, 0.05) is 13.7 Å². The second-order valence-electron chi connectivity index (χ2n) is 16.2. The molecule has 0 aromatic carbocycles. The van der Waals surface area contributed by atoms with Gasteiger partial charge in [-0.15, -0.1) is 0 Å². The van der Waals surface area contributed by atoms with Gasteiger partial charge in [0.25, 0.3) is 0 Å². The number of carbonyl (C=O) groups excluding carboxylic acids is 1. The van der Waals surface area contributed by atoms with Crippen LogP contribution in [0.25, 0.3) is 0 Å². The molecule has 0 aliphatic carbocycles. The SMILES string of the molecule is CCCCCCCCCCCCCCC(CCCCCCCCCCCCCC)CNC(=O)OCCCC(C)(C)OCCC(C)(C)OC. The Kier molecular flexibility index (Phi) is 32.8. The molecule has 5 heteroatoms. The number of amides is 1. The van der Waals surface area contributed by atoms with Crippen LogP contribution in [0, 0.1) is 5.92 Å². The number of ether oxygens (including phenoxy) is 3. The van der Waals surface area contributed by atoms with Crippen molar-refractivity contribution in [2.75, 3.05) is 26.9 Å². The van der Waals surface area contributed by atoms with E-state index < -0.39 is 0 Å². The van der Waals surface area contributed by atoms with E-state index in [0.717, 1.165) is 25.8 Å². The number of methoxy groups -OCH3 is 1. The van der Waals surface area contributed by atoms with Crippen LogP contribution in [0.15, 0.2) is 0 Å². The van der Waals surface area contributed by atoms with E-state index in [1.807, 2.05) is 0 Å². The van der Waals surface area contributed by atoms with E-state index in [0.29, 0.717) is 19.1 Å². The predicted octanol–water partition coefficient (Wildman–Crippen LogP) is 13.9. The molecule has 0 aromatic heterocycles. The maximum absolute atomic E-state index is 12.6. The summed E-state index contributed by atoms with van der Waals surface area (Å²) in [5.74, 6) is 0.562. The summed E-state index contributed by atoms with van der Waals surface area (Å²) in [7, 11) is 1.74. The Hall–Kier alpha value is -0.810. The van der Waals surface area contributed by atoms with Crippen LogP contribution in [0.3, 0.4) is 0 Å². The summed E-state index contributed by atoms with van der Waals surface area (Å²) in [5, 5.41) is 3.12. The summed E-state index contributed by atoms with van der Waals surface area (Å²) in [5.41, 5.74) is -0.410. The Morgan fingerprint density at radius 3 is 1.31 bits per heavy atom. The Bertz CT molecular complexity index is 652. The molecule has 0 unspecified atom stereocenters. The molecule has 0 radical (unpaired) electrons. The molecule has 0 saturated carbocycles. The number of carbonyl (C=O) groups is 1. The van der Waals surface area contributed by atoms with Crippen molar-refractivity contribution in [1.29, 1.82) is 0 Å². The smallest absolute Gasteiger partial charge is 0.407 e. The molecule has 0 aliphatic rings. The molecule has 0 rings (SSSR count). The van der Waals surface area contributed by atoms with Crippen LogP contribution in [-0.2, 0) is 14.2 Å². The van der Waals surface area contributed by atoms with Crippen molar-refractivity contribution in [1.82, 2.24) is 5.32 Å². The zero-order valence-electron chi connectivity index (χ0n) is 33.8. The molecule has 1 amide bonds. The first-order valence-electron chi connectivity index (χ1n) is 21.3. The standard InChI is InChI=1S/C43H87NO4/c1-8-10-12-14-16-18-20-22-24-26-28-30-33-40(34-31-29-27-25-23-21-19-17-15-13-11-9-2)39-44-41(45)47-37-32-35-43(5,6)48-38-36-42(3,4)46-7/h40H,8-39H2,1-7H3,(H,44,45). The number of hydrogen-bond donors (Lipinski definition) is 1. The average Bonchev–Trinajstić information content (AvgIpc) is 3.06. The molecule has 288 valence electrons. The van der Waals surface area contributed by atoms with E-state index in [-0.39, 0.29) is 17.3 Å². The summed E-state index contributed by atoms with van der Waals surface area (Å²) in [4.78, 5) is 12.6. The van der Waals surface area contributed by atoms with Crippen molar-refractivity contribution in [3.8, 4) is 0 Å². The fourth-order valence-electron chi connectivity index (χ4n) is 6.59. The van der Waals surface area contributed by atoms with Gasteiger partial charge in [-0.1, -0.05) is 168 Å². The van der Waals surface area contributed by atoms with Gasteiger partial charge in [0.2, 0.25) is 0 Å². The predicted molar refractivity (Wildman–Crippen MR) is 209 cm³/mol. The number of alkyl carbamates (subject to hydrolysis) is 1. The molecule has 48 heavy (non-hydrogen) atoms. The molecule has 0 fully saturated rings. The Labute approximate surface area is 301 Å². The molecule has 0 bridgehead atoms. The molecule has 0 aliphatic heterocycles. The van der Waals surface area contributed by atoms with Crippen molar-refractivity contribution in [2.24, 2.45) is 5.92 Å². The highest BCUT2D eigenvalue weighted by Gasteiger charge is 2.22. The highest BCUT2D eigenvalue weighted by molar-refractivity contribution is 5.67. The van der Waals surface area contributed by atoms with Gasteiger partial charge in [-0.05, 0) is 65.7 Å². The zero-order valence-corrected chi connectivity index (χ0v) is 33.8. The van der Waals surface area contributed by atoms with E-state index >= 15 is 0 Å². The first-order chi connectivity index (χ1) is 23.2. The molecule has 0 saturated heterocycles. The largest absolute Gasteiger partial charge is 0.450 e. The number of hydrogen-bond acceptors (Lipinski definition) is 4. The van der Waals surface area contributed by atoms with E-state index in [1.165, 1.54) is 167 Å². The van der Waals surface area contributed by atoms with Crippen LogP contribution in [-0.4, -0.2) is 44.2 Å². The van der Waals surface area contributed by atoms with Crippen LogP contribution in [0.1, 0.15) is 228 Å². The third kappa shape index (κ3) is 33.7. The minimum Gasteiger partial charge on any atom is -0.450 e. The first-order valence-corrected chi connectivity index (χ1v) is 21.3. The fourth-order valence-corrected chi connectivity index (χ4v) is 6.59. The van der Waals surface area contributed by atoms with Gasteiger partial charge >= 0.3 is 6.09 Å². The fraction of sp³-hybridized carbons (Fsp3) is 0.977. The molecule has 0 atom stereocenters. The minimum atomic E-state index is -0.259. The number of nitrogens with one attached hydrogen (secondary N) is 1. The molecular formula is C43H87NO4. The highest BCUT2D eigenvalue weighted by atomic mass is 16.5. The first kappa shape index (κ1) is 47.2. The van der Waals surface area contributed by atoms with Crippen molar-refractivity contribution < 1.29 is 19.0 Å². The molecule has 5 nitrogen and oxygen atoms in total. The Balaban J connectivity index is 4.28. The molecule has 0 heterocycles. The molecule has 0 spiro atoms. The average molecular weight is 682 g/mol. The zero-order chi connectivity index (χ0) is 35.6. The van der Waals surface area contributed by atoms with Crippen LogP contribution in [0.2, 0.25) is 0 Å². The van der Waals surface area contributed by atoms with Gasteiger partial charge in [-0.25, -0.2) is 4.79 Å². The normalized spacial score (nSPS) is 12.2. The lowest BCUT2D eigenvalue weighted by Crippen LogP contribution is -2.31. The Morgan fingerprint density at radius 2 is 0.917 bits per heavy atom. The van der Waals surface area contributed by atoms with Crippen molar-refractivity contribution in [3.63, 3.8) is 0 Å². The summed E-state index contributed by atoms with van der Waals surface area (Å²) in [6, 6.07) is 0. The lowest BCUT2D eigenvalue weighted by atomic mass is 9.94. The molecular weight excluding hydrogens is 594 g/mol. The third-order valence-corrected chi connectivity index (χ3v) is 10.4. The van der Waals surface area contributed by atoms with Gasteiger partial charge in [0.15, 0.2) is 0 Å². The van der Waals surface area contributed by atoms with Crippen LogP contribution in [0.5, 0.6) is 0 Å². The van der Waals surface area contributed by atoms with Crippen molar-refractivity contribution >= 4 is 6.09 Å². The molecule has 0 aromatic rings. The number of rotatable bonds is 37. The maximum Gasteiger partial charge on any atom is 0.407 e. The highest BCUT2D eigenvalue weighted by Crippen LogP contribution is 2.22. The van der Waals surface area contributed by atoms with Crippen molar-refractivity contribution in [3.05, 3.63) is 0 Å².